The van der Waals surface area contributed by atoms with Crippen LogP contribution in [0.3, 0.4) is 0 Å². The quantitative estimate of drug-likeness (QED) is 0.779. The highest BCUT2D eigenvalue weighted by Crippen LogP contribution is 2.25. The van der Waals surface area contributed by atoms with Crippen molar-refractivity contribution in [3.8, 4) is 5.69 Å². The number of rotatable bonds is 3. The second-order valence-corrected chi connectivity index (χ2v) is 5.67. The van der Waals surface area contributed by atoms with E-state index in [1.807, 2.05) is 16.7 Å². The van der Waals surface area contributed by atoms with Gasteiger partial charge in [0.05, 0.1) is 22.3 Å². The van der Waals surface area contributed by atoms with Crippen molar-refractivity contribution in [2.45, 2.75) is 13.3 Å². The van der Waals surface area contributed by atoms with Gasteiger partial charge in [0.15, 0.2) is 0 Å². The van der Waals surface area contributed by atoms with Crippen LogP contribution in [-0.2, 0) is 6.42 Å². The maximum atomic E-state index is 11.0. The number of benzene rings is 2. The van der Waals surface area contributed by atoms with Crippen molar-refractivity contribution < 1.29 is 9.90 Å². The van der Waals surface area contributed by atoms with E-state index in [-0.39, 0.29) is 5.56 Å². The van der Waals surface area contributed by atoms with Crippen LogP contribution in [-0.4, -0.2) is 20.6 Å². The third-order valence-corrected chi connectivity index (χ3v) is 3.97. The summed E-state index contributed by atoms with van der Waals surface area (Å²) in [5.74, 6) is -0.940. The number of aromatic carboxylic acids is 1. The first-order chi connectivity index (χ1) is 10.1. The van der Waals surface area contributed by atoms with Gasteiger partial charge < -0.3 is 5.11 Å². The molecule has 3 aromatic rings. The molecule has 106 valence electrons. The van der Waals surface area contributed by atoms with Gasteiger partial charge in [0, 0.05) is 4.47 Å². The molecule has 1 N–H and O–H groups in total. The maximum absolute atomic E-state index is 11.0. The van der Waals surface area contributed by atoms with E-state index in [1.165, 1.54) is 5.56 Å². The predicted octanol–water partition coefficient (Wildman–Crippen LogP) is 4.05. The molecule has 0 aliphatic carbocycles. The molecule has 21 heavy (non-hydrogen) atoms. The third-order valence-electron chi connectivity index (χ3n) is 3.48. The molecular weight excluding hydrogens is 332 g/mol. The van der Waals surface area contributed by atoms with Gasteiger partial charge in [-0.05, 0) is 48.4 Å². The predicted molar refractivity (Wildman–Crippen MR) is 85.1 cm³/mol. The van der Waals surface area contributed by atoms with E-state index in [0.29, 0.717) is 5.52 Å². The summed E-state index contributed by atoms with van der Waals surface area (Å²) in [5.41, 5.74) is 4.09. The molecule has 0 atom stereocenters. The van der Waals surface area contributed by atoms with Crippen molar-refractivity contribution in [2.24, 2.45) is 0 Å². The van der Waals surface area contributed by atoms with Crippen LogP contribution in [0.4, 0.5) is 0 Å². The van der Waals surface area contributed by atoms with E-state index in [2.05, 4.69) is 33.9 Å². The molecule has 0 aliphatic rings. The summed E-state index contributed by atoms with van der Waals surface area (Å²) in [6.07, 6.45) is 2.64. The third kappa shape index (κ3) is 2.45. The molecule has 4 nitrogen and oxygen atoms in total. The van der Waals surface area contributed by atoms with Crippen LogP contribution in [0, 0.1) is 0 Å². The second kappa shape index (κ2) is 5.33. The minimum Gasteiger partial charge on any atom is -0.478 e. The lowest BCUT2D eigenvalue weighted by atomic mass is 10.1. The molecular formula is C16H13BrN2O2. The standard InChI is InChI=1S/C16H13BrN2O2/c1-2-10-7-12(17)4-6-14(10)19-9-18-13-8-11(16(20)21)3-5-15(13)19/h3-9H,2H2,1H3,(H,20,21). The number of fused-ring (bicyclic) bond motifs is 1. The Labute approximate surface area is 130 Å². The molecule has 3 rings (SSSR count). The summed E-state index contributed by atoms with van der Waals surface area (Å²) in [5, 5.41) is 9.04. The number of carbonyl (C=O) groups is 1. The molecule has 0 fully saturated rings. The lowest BCUT2D eigenvalue weighted by Gasteiger charge is -2.10. The summed E-state index contributed by atoms with van der Waals surface area (Å²) in [4.78, 5) is 15.3. The molecule has 0 amide bonds. The number of nitrogens with zero attached hydrogens (tertiary/aromatic N) is 2. The van der Waals surface area contributed by atoms with Crippen molar-refractivity contribution >= 4 is 32.9 Å². The number of imidazole rings is 1. The molecule has 0 bridgehead atoms. The zero-order valence-corrected chi connectivity index (χ0v) is 13.0. The Morgan fingerprint density at radius 1 is 1.29 bits per heavy atom. The largest absolute Gasteiger partial charge is 0.478 e. The molecule has 5 heteroatoms. The van der Waals surface area contributed by atoms with Gasteiger partial charge in [-0.1, -0.05) is 22.9 Å². The van der Waals surface area contributed by atoms with Crippen LogP contribution < -0.4 is 0 Å². The lowest BCUT2D eigenvalue weighted by molar-refractivity contribution is 0.0697. The van der Waals surface area contributed by atoms with Crippen molar-refractivity contribution in [3.05, 3.63) is 58.3 Å². The number of carboxylic acids is 1. The zero-order chi connectivity index (χ0) is 15.0. The molecule has 0 spiro atoms. The van der Waals surface area contributed by atoms with Gasteiger partial charge in [0.2, 0.25) is 0 Å². The van der Waals surface area contributed by atoms with Crippen molar-refractivity contribution in [1.29, 1.82) is 0 Å². The van der Waals surface area contributed by atoms with Gasteiger partial charge in [0.1, 0.15) is 6.33 Å². The highest BCUT2D eigenvalue weighted by atomic mass is 79.9. The molecule has 0 radical (unpaired) electrons. The molecule has 0 saturated heterocycles. The molecule has 1 heterocycles. The summed E-state index contributed by atoms with van der Waals surface area (Å²) in [6.45, 7) is 2.10. The van der Waals surface area contributed by atoms with Crippen LogP contribution in [0.15, 0.2) is 47.2 Å². The lowest BCUT2D eigenvalue weighted by Crippen LogP contribution is -1.99. The Balaban J connectivity index is 2.20. The second-order valence-electron chi connectivity index (χ2n) is 4.75. The molecule has 0 unspecified atom stereocenters. The van der Waals surface area contributed by atoms with Gasteiger partial charge in [0.25, 0.3) is 0 Å². The van der Waals surface area contributed by atoms with Crippen molar-refractivity contribution in [2.75, 3.05) is 0 Å². The average Bonchev–Trinajstić information content (AvgIpc) is 2.89. The SMILES string of the molecule is CCc1cc(Br)ccc1-n1cnc2cc(C(=O)O)ccc21. The molecule has 1 aromatic heterocycles. The number of hydrogen-bond donors (Lipinski definition) is 1. The topological polar surface area (TPSA) is 55.1 Å². The minimum absolute atomic E-state index is 0.249. The Kier molecular flexibility index (Phi) is 3.51. The van der Waals surface area contributed by atoms with Gasteiger partial charge in [-0.15, -0.1) is 0 Å². The van der Waals surface area contributed by atoms with Gasteiger partial charge >= 0.3 is 5.97 Å². The normalized spacial score (nSPS) is 11.0. The van der Waals surface area contributed by atoms with Crippen LogP contribution >= 0.6 is 15.9 Å². The molecule has 2 aromatic carbocycles. The van der Waals surface area contributed by atoms with Crippen molar-refractivity contribution in [1.82, 2.24) is 9.55 Å². The fraction of sp³-hybridized carbons (Fsp3) is 0.125. The number of aromatic nitrogens is 2. The summed E-state index contributed by atoms with van der Waals surface area (Å²) < 4.78 is 3.03. The Morgan fingerprint density at radius 2 is 2.10 bits per heavy atom. The number of aryl methyl sites for hydroxylation is 1. The van der Waals surface area contributed by atoms with E-state index >= 15 is 0 Å². The fourth-order valence-electron chi connectivity index (χ4n) is 2.41. The van der Waals surface area contributed by atoms with Crippen LogP contribution in [0.2, 0.25) is 0 Å². The van der Waals surface area contributed by atoms with Crippen molar-refractivity contribution in [3.63, 3.8) is 0 Å². The first-order valence-electron chi connectivity index (χ1n) is 6.59. The maximum Gasteiger partial charge on any atom is 0.335 e. The molecule has 0 saturated carbocycles. The van der Waals surface area contributed by atoms with E-state index in [0.717, 1.165) is 22.1 Å². The average molecular weight is 345 g/mol. The Bertz CT molecular complexity index is 839. The summed E-state index contributed by atoms with van der Waals surface area (Å²) >= 11 is 3.49. The Hall–Kier alpha value is -2.14. The Morgan fingerprint density at radius 3 is 2.81 bits per heavy atom. The highest BCUT2D eigenvalue weighted by Gasteiger charge is 2.11. The number of hydrogen-bond acceptors (Lipinski definition) is 2. The van der Waals surface area contributed by atoms with Crippen LogP contribution in [0.1, 0.15) is 22.8 Å². The molecule has 0 aliphatic heterocycles. The fourth-order valence-corrected chi connectivity index (χ4v) is 2.82. The van der Waals surface area contributed by atoms with Crippen LogP contribution in [0.5, 0.6) is 0 Å². The highest BCUT2D eigenvalue weighted by molar-refractivity contribution is 9.10. The smallest absolute Gasteiger partial charge is 0.335 e. The van der Waals surface area contributed by atoms with Gasteiger partial charge in [-0.2, -0.15) is 0 Å². The van der Waals surface area contributed by atoms with E-state index in [1.54, 1.807) is 24.5 Å². The van der Waals surface area contributed by atoms with E-state index < -0.39 is 5.97 Å². The first-order valence-corrected chi connectivity index (χ1v) is 7.38. The summed E-state index contributed by atoms with van der Waals surface area (Å²) in [7, 11) is 0. The zero-order valence-electron chi connectivity index (χ0n) is 11.4. The first kappa shape index (κ1) is 13.8. The van der Waals surface area contributed by atoms with Gasteiger partial charge in [-0.3, -0.25) is 4.57 Å². The summed E-state index contributed by atoms with van der Waals surface area (Å²) in [6, 6.07) is 11.1. The van der Waals surface area contributed by atoms with E-state index in [9.17, 15) is 4.79 Å². The van der Waals surface area contributed by atoms with Crippen LogP contribution in [0.25, 0.3) is 16.7 Å². The van der Waals surface area contributed by atoms with Gasteiger partial charge in [-0.25, -0.2) is 9.78 Å². The number of halogens is 1. The monoisotopic (exact) mass is 344 g/mol. The van der Waals surface area contributed by atoms with E-state index in [4.69, 9.17) is 5.11 Å². The minimum atomic E-state index is -0.940. The number of carboxylic acid groups (broad SMARTS) is 1.